The van der Waals surface area contributed by atoms with E-state index >= 15 is 0 Å². The van der Waals surface area contributed by atoms with Gasteiger partial charge in [-0.15, -0.1) is 0 Å². The molecule has 20 heavy (non-hydrogen) atoms. The van der Waals surface area contributed by atoms with Crippen molar-refractivity contribution in [2.45, 2.75) is 70.3 Å². The van der Waals surface area contributed by atoms with Crippen molar-refractivity contribution in [2.24, 2.45) is 10.7 Å². The fourth-order valence-electron chi connectivity index (χ4n) is 3.14. The predicted octanol–water partition coefficient (Wildman–Crippen LogP) is 2.92. The van der Waals surface area contributed by atoms with Crippen LogP contribution in [0.5, 0.6) is 0 Å². The maximum Gasteiger partial charge on any atom is 0.191 e. The van der Waals surface area contributed by atoms with Crippen LogP contribution in [0.25, 0.3) is 0 Å². The Labute approximate surface area is 123 Å². The number of nitrogens with zero attached hydrogens (tertiary/aromatic N) is 2. The minimum Gasteiger partial charge on any atom is -0.378 e. The van der Waals surface area contributed by atoms with Crippen LogP contribution in [0.1, 0.15) is 64.2 Å². The third-order valence-electron chi connectivity index (χ3n) is 4.41. The van der Waals surface area contributed by atoms with Gasteiger partial charge in [-0.05, 0) is 32.1 Å². The first-order valence-electron chi connectivity index (χ1n) is 8.53. The molecule has 0 radical (unpaired) electrons. The van der Waals surface area contributed by atoms with Gasteiger partial charge in [0.2, 0.25) is 0 Å². The number of rotatable bonds is 5. The van der Waals surface area contributed by atoms with Crippen molar-refractivity contribution in [1.29, 1.82) is 0 Å². The van der Waals surface area contributed by atoms with E-state index in [0.29, 0.717) is 6.10 Å². The van der Waals surface area contributed by atoms with E-state index in [1.54, 1.807) is 0 Å². The molecular weight excluding hydrogens is 250 g/mol. The Balaban J connectivity index is 1.57. The van der Waals surface area contributed by atoms with E-state index in [4.69, 9.17) is 10.5 Å². The molecule has 1 saturated carbocycles. The summed E-state index contributed by atoms with van der Waals surface area (Å²) in [6.07, 6.45) is 13.2. The lowest BCUT2D eigenvalue weighted by Gasteiger charge is -2.22. The molecule has 1 aliphatic heterocycles. The van der Waals surface area contributed by atoms with Crippen molar-refractivity contribution in [2.75, 3.05) is 26.2 Å². The lowest BCUT2D eigenvalue weighted by atomic mass is 9.98. The monoisotopic (exact) mass is 281 g/mol. The van der Waals surface area contributed by atoms with Crippen molar-refractivity contribution in [3.8, 4) is 0 Å². The molecule has 0 aromatic carbocycles. The summed E-state index contributed by atoms with van der Waals surface area (Å²) in [4.78, 5) is 6.76. The lowest BCUT2D eigenvalue weighted by molar-refractivity contribution is 0.0281. The van der Waals surface area contributed by atoms with Gasteiger partial charge >= 0.3 is 0 Å². The van der Waals surface area contributed by atoms with Crippen LogP contribution >= 0.6 is 0 Å². The highest BCUT2D eigenvalue weighted by molar-refractivity contribution is 5.78. The van der Waals surface area contributed by atoms with Crippen molar-refractivity contribution in [3.05, 3.63) is 0 Å². The number of ether oxygens (including phenoxy) is 1. The van der Waals surface area contributed by atoms with Gasteiger partial charge in [-0.3, -0.25) is 4.99 Å². The minimum atomic E-state index is 0.510. The van der Waals surface area contributed by atoms with Crippen LogP contribution in [0.4, 0.5) is 0 Å². The Morgan fingerprint density at radius 2 is 1.65 bits per heavy atom. The molecule has 0 aromatic rings. The van der Waals surface area contributed by atoms with Gasteiger partial charge in [0.25, 0.3) is 0 Å². The molecular formula is C16H31N3O. The van der Waals surface area contributed by atoms with Gasteiger partial charge in [0, 0.05) is 26.2 Å². The first-order valence-corrected chi connectivity index (χ1v) is 8.53. The van der Waals surface area contributed by atoms with Crippen LogP contribution in [0.2, 0.25) is 0 Å². The summed E-state index contributed by atoms with van der Waals surface area (Å²) in [6.45, 7) is 3.79. The fourth-order valence-corrected chi connectivity index (χ4v) is 3.14. The standard InChI is InChI=1S/C16H31N3O/c17-16(19-12-6-1-2-7-13-19)18-11-8-14-20-15-9-4-3-5-10-15/h15H,1-14H2,(H2,17,18). The van der Waals surface area contributed by atoms with Crippen LogP contribution in [-0.2, 0) is 4.74 Å². The van der Waals surface area contributed by atoms with Crippen LogP contribution in [-0.4, -0.2) is 43.2 Å². The first-order chi connectivity index (χ1) is 9.86. The van der Waals surface area contributed by atoms with E-state index in [9.17, 15) is 0 Å². The van der Waals surface area contributed by atoms with Gasteiger partial charge in [-0.1, -0.05) is 32.1 Å². The lowest BCUT2D eigenvalue weighted by Crippen LogP contribution is -2.38. The Hall–Kier alpha value is -0.770. The van der Waals surface area contributed by atoms with E-state index in [2.05, 4.69) is 9.89 Å². The molecule has 4 nitrogen and oxygen atoms in total. The van der Waals surface area contributed by atoms with Crippen LogP contribution in [0.3, 0.4) is 0 Å². The molecule has 0 atom stereocenters. The number of hydrogen-bond donors (Lipinski definition) is 1. The quantitative estimate of drug-likeness (QED) is 0.479. The van der Waals surface area contributed by atoms with Gasteiger partial charge in [0.15, 0.2) is 5.96 Å². The third-order valence-corrected chi connectivity index (χ3v) is 4.41. The Morgan fingerprint density at radius 1 is 1.00 bits per heavy atom. The molecule has 2 N–H and O–H groups in total. The van der Waals surface area contributed by atoms with Gasteiger partial charge in [0.1, 0.15) is 0 Å². The highest BCUT2D eigenvalue weighted by Crippen LogP contribution is 2.20. The number of guanidine groups is 1. The molecule has 1 saturated heterocycles. The topological polar surface area (TPSA) is 50.9 Å². The molecule has 0 unspecified atom stereocenters. The van der Waals surface area contributed by atoms with E-state index in [0.717, 1.165) is 38.6 Å². The maximum atomic E-state index is 6.08. The van der Waals surface area contributed by atoms with Crippen molar-refractivity contribution < 1.29 is 4.74 Å². The van der Waals surface area contributed by atoms with Gasteiger partial charge < -0.3 is 15.4 Å². The van der Waals surface area contributed by atoms with Crippen molar-refractivity contribution in [3.63, 3.8) is 0 Å². The van der Waals surface area contributed by atoms with Crippen LogP contribution in [0, 0.1) is 0 Å². The summed E-state index contributed by atoms with van der Waals surface area (Å²) in [5.74, 6) is 0.740. The van der Waals surface area contributed by atoms with Crippen molar-refractivity contribution in [1.82, 2.24) is 4.90 Å². The van der Waals surface area contributed by atoms with E-state index in [1.165, 1.54) is 57.8 Å². The van der Waals surface area contributed by atoms with Crippen LogP contribution in [0.15, 0.2) is 4.99 Å². The average Bonchev–Trinajstić information content (AvgIpc) is 2.77. The Kier molecular flexibility index (Phi) is 7.20. The number of likely N-dealkylation sites (tertiary alicyclic amines) is 1. The smallest absolute Gasteiger partial charge is 0.191 e. The van der Waals surface area contributed by atoms with Crippen molar-refractivity contribution >= 4 is 5.96 Å². The minimum absolute atomic E-state index is 0.510. The highest BCUT2D eigenvalue weighted by Gasteiger charge is 2.13. The Morgan fingerprint density at radius 3 is 2.35 bits per heavy atom. The number of hydrogen-bond acceptors (Lipinski definition) is 2. The number of aliphatic imine (C=N–C) groups is 1. The third kappa shape index (κ3) is 5.70. The molecule has 1 aliphatic carbocycles. The number of nitrogens with two attached hydrogens (primary N) is 1. The maximum absolute atomic E-state index is 6.08. The van der Waals surface area contributed by atoms with Gasteiger partial charge in [-0.2, -0.15) is 0 Å². The van der Waals surface area contributed by atoms with Crippen LogP contribution < -0.4 is 5.73 Å². The zero-order chi connectivity index (χ0) is 14.0. The Bertz CT molecular complexity index is 279. The van der Waals surface area contributed by atoms with E-state index < -0.39 is 0 Å². The predicted molar refractivity (Wildman–Crippen MR) is 84.0 cm³/mol. The second-order valence-electron chi connectivity index (χ2n) is 6.13. The molecule has 0 spiro atoms. The fraction of sp³-hybridized carbons (Fsp3) is 0.938. The highest BCUT2D eigenvalue weighted by atomic mass is 16.5. The summed E-state index contributed by atoms with van der Waals surface area (Å²) >= 11 is 0. The summed E-state index contributed by atoms with van der Waals surface area (Å²) in [7, 11) is 0. The molecule has 2 rings (SSSR count). The summed E-state index contributed by atoms with van der Waals surface area (Å²) < 4.78 is 5.91. The largest absolute Gasteiger partial charge is 0.378 e. The molecule has 1 heterocycles. The normalized spacial score (nSPS) is 22.8. The van der Waals surface area contributed by atoms with Gasteiger partial charge in [-0.25, -0.2) is 0 Å². The van der Waals surface area contributed by atoms with Gasteiger partial charge in [0.05, 0.1) is 6.10 Å². The van der Waals surface area contributed by atoms with E-state index in [-0.39, 0.29) is 0 Å². The SMILES string of the molecule is NC(=NCCCOC1CCCCC1)N1CCCCCC1. The first kappa shape index (κ1) is 15.6. The molecule has 0 aromatic heterocycles. The second kappa shape index (κ2) is 9.22. The molecule has 0 amide bonds. The average molecular weight is 281 g/mol. The second-order valence-corrected chi connectivity index (χ2v) is 6.13. The molecule has 2 fully saturated rings. The summed E-state index contributed by atoms with van der Waals surface area (Å²) in [6, 6.07) is 0. The summed E-state index contributed by atoms with van der Waals surface area (Å²) in [5.41, 5.74) is 6.08. The van der Waals surface area contributed by atoms with E-state index in [1.807, 2.05) is 0 Å². The summed E-state index contributed by atoms with van der Waals surface area (Å²) in [5, 5.41) is 0. The zero-order valence-corrected chi connectivity index (χ0v) is 12.9. The molecule has 116 valence electrons. The zero-order valence-electron chi connectivity index (χ0n) is 12.9. The molecule has 4 heteroatoms. The molecule has 2 aliphatic rings. The molecule has 0 bridgehead atoms.